The summed E-state index contributed by atoms with van der Waals surface area (Å²) in [5.74, 6) is 0.390. The van der Waals surface area contributed by atoms with Crippen molar-refractivity contribution in [1.82, 2.24) is 14.5 Å². The van der Waals surface area contributed by atoms with Crippen molar-refractivity contribution >= 4 is 5.91 Å². The van der Waals surface area contributed by atoms with Crippen LogP contribution in [0.5, 0.6) is 0 Å². The lowest BCUT2D eigenvalue weighted by Gasteiger charge is -2.50. The summed E-state index contributed by atoms with van der Waals surface area (Å²) in [5.41, 5.74) is -0.165. The van der Waals surface area contributed by atoms with Gasteiger partial charge in [-0.1, -0.05) is 70.2 Å². The van der Waals surface area contributed by atoms with Gasteiger partial charge in [-0.25, -0.2) is 4.39 Å². The number of benzene rings is 1. The number of aliphatic hydroxyl groups is 1. The van der Waals surface area contributed by atoms with Crippen LogP contribution in [0.1, 0.15) is 65.2 Å². The van der Waals surface area contributed by atoms with E-state index < -0.39 is 16.8 Å². The van der Waals surface area contributed by atoms with E-state index in [9.17, 15) is 19.1 Å². The van der Waals surface area contributed by atoms with Crippen LogP contribution in [0.25, 0.3) is 22.4 Å². The highest BCUT2D eigenvalue weighted by Crippen LogP contribution is 2.41. The summed E-state index contributed by atoms with van der Waals surface area (Å²) in [6.45, 7) is 4.89. The normalized spacial score (nSPS) is 21.4. The third-order valence-electron chi connectivity index (χ3n) is 9.15. The number of hydrogen-bond donors (Lipinski definition) is 1. The molecule has 1 saturated heterocycles. The van der Waals surface area contributed by atoms with Gasteiger partial charge in [0.05, 0.1) is 17.8 Å². The average Bonchev–Trinajstić information content (AvgIpc) is 2.95. The molecule has 1 aliphatic heterocycles. The molecule has 1 atom stereocenters. The lowest BCUT2D eigenvalue weighted by atomic mass is 9.69. The molecular formula is C33H40FN3O3. The van der Waals surface area contributed by atoms with E-state index in [-0.39, 0.29) is 18.0 Å². The molecular weight excluding hydrogens is 505 g/mol. The first-order valence-electron chi connectivity index (χ1n) is 14.6. The summed E-state index contributed by atoms with van der Waals surface area (Å²) in [5, 5.41) is 11.9. The minimum absolute atomic E-state index is 0.0698. The summed E-state index contributed by atoms with van der Waals surface area (Å²) in [6.07, 6.45) is 11.5. The van der Waals surface area contributed by atoms with E-state index in [1.807, 2.05) is 30.9 Å². The number of rotatable bonds is 7. The molecule has 2 aliphatic rings. The Kier molecular flexibility index (Phi) is 8.22. The standard InChI is InChI=1S/C33H40FN3O3/c1-32(2)22-36(30(38)16-15-24-10-4-3-5-11-24)19-17-33(32,40)23-37-21-27(29-14-8-9-18-35-29)26(20-31(37)39)25-12-6-7-13-28(25)34/h6-9,12-14,18,20-21,24,40H,3-5,10-11,15-17,19,22-23H2,1-2H3. The molecule has 3 aromatic rings. The summed E-state index contributed by atoms with van der Waals surface area (Å²) >= 11 is 0. The van der Waals surface area contributed by atoms with Crippen molar-refractivity contribution in [1.29, 1.82) is 0 Å². The summed E-state index contributed by atoms with van der Waals surface area (Å²) in [7, 11) is 0. The maximum absolute atomic E-state index is 14.8. The first-order valence-corrected chi connectivity index (χ1v) is 14.6. The van der Waals surface area contributed by atoms with Gasteiger partial charge in [0.15, 0.2) is 0 Å². The molecule has 0 radical (unpaired) electrons. The first-order chi connectivity index (χ1) is 19.2. The topological polar surface area (TPSA) is 75.4 Å². The van der Waals surface area contributed by atoms with Crippen LogP contribution in [0.3, 0.4) is 0 Å². The van der Waals surface area contributed by atoms with Crippen LogP contribution >= 0.6 is 0 Å². The first kappa shape index (κ1) is 28.2. The Morgan fingerprint density at radius 3 is 2.50 bits per heavy atom. The maximum Gasteiger partial charge on any atom is 0.251 e. The number of nitrogens with zero attached hydrogens (tertiary/aromatic N) is 3. The molecule has 7 heteroatoms. The molecule has 40 heavy (non-hydrogen) atoms. The van der Waals surface area contributed by atoms with Gasteiger partial charge in [-0.3, -0.25) is 14.6 Å². The summed E-state index contributed by atoms with van der Waals surface area (Å²) < 4.78 is 16.3. The van der Waals surface area contributed by atoms with Crippen LogP contribution in [0.4, 0.5) is 4.39 Å². The molecule has 1 N–H and O–H groups in total. The number of halogens is 1. The number of carbonyl (C=O) groups excluding carboxylic acids is 1. The van der Waals surface area contributed by atoms with Crippen LogP contribution in [0, 0.1) is 17.2 Å². The highest BCUT2D eigenvalue weighted by atomic mass is 19.1. The fraction of sp³-hybridized carbons (Fsp3) is 0.485. The minimum Gasteiger partial charge on any atom is -0.387 e. The van der Waals surface area contributed by atoms with Gasteiger partial charge in [0, 0.05) is 60.1 Å². The third kappa shape index (κ3) is 5.90. The van der Waals surface area contributed by atoms with E-state index in [1.165, 1.54) is 48.8 Å². The predicted octanol–water partition coefficient (Wildman–Crippen LogP) is 6.07. The van der Waals surface area contributed by atoms with Crippen molar-refractivity contribution < 1.29 is 14.3 Å². The van der Waals surface area contributed by atoms with Gasteiger partial charge >= 0.3 is 0 Å². The van der Waals surface area contributed by atoms with Crippen molar-refractivity contribution in [3.05, 3.63) is 77.1 Å². The van der Waals surface area contributed by atoms with Gasteiger partial charge in [-0.05, 0) is 37.0 Å². The molecule has 0 bridgehead atoms. The largest absolute Gasteiger partial charge is 0.387 e. The zero-order valence-electron chi connectivity index (χ0n) is 23.6. The Bertz CT molecular complexity index is 1400. The second-order valence-corrected chi connectivity index (χ2v) is 12.3. The van der Waals surface area contributed by atoms with Crippen molar-refractivity contribution in [3.63, 3.8) is 0 Å². The van der Waals surface area contributed by atoms with Crippen molar-refractivity contribution in [3.8, 4) is 22.4 Å². The second-order valence-electron chi connectivity index (χ2n) is 12.3. The number of likely N-dealkylation sites (tertiary alicyclic amines) is 1. The van der Waals surface area contributed by atoms with Crippen LogP contribution < -0.4 is 5.56 Å². The second kappa shape index (κ2) is 11.7. The average molecular weight is 546 g/mol. The highest BCUT2D eigenvalue weighted by Gasteiger charge is 2.48. The van der Waals surface area contributed by atoms with Crippen LogP contribution in [-0.2, 0) is 11.3 Å². The van der Waals surface area contributed by atoms with Crippen LogP contribution in [0.2, 0.25) is 0 Å². The molecule has 2 fully saturated rings. The highest BCUT2D eigenvalue weighted by molar-refractivity contribution is 5.81. The molecule has 3 heterocycles. The zero-order chi connectivity index (χ0) is 28.3. The number of aromatic nitrogens is 2. The number of piperidine rings is 1. The van der Waals surface area contributed by atoms with Crippen LogP contribution in [-0.4, -0.2) is 44.2 Å². The van der Waals surface area contributed by atoms with Crippen LogP contribution in [0.15, 0.2) is 65.7 Å². The van der Waals surface area contributed by atoms with Gasteiger partial charge in [0.1, 0.15) is 5.82 Å². The lowest BCUT2D eigenvalue weighted by molar-refractivity contribution is -0.154. The van der Waals surface area contributed by atoms with Gasteiger partial charge in [0.2, 0.25) is 5.91 Å². The summed E-state index contributed by atoms with van der Waals surface area (Å²) in [6, 6.07) is 13.3. The van der Waals surface area contributed by atoms with Gasteiger partial charge in [0.25, 0.3) is 5.56 Å². The van der Waals surface area contributed by atoms with Crippen molar-refractivity contribution in [2.45, 2.75) is 77.4 Å². The number of hydrogen-bond acceptors (Lipinski definition) is 4. The molecule has 1 unspecified atom stereocenters. The van der Waals surface area contributed by atoms with E-state index in [0.717, 1.165) is 6.42 Å². The maximum atomic E-state index is 14.8. The van der Waals surface area contributed by atoms with Gasteiger partial charge in [-0.15, -0.1) is 0 Å². The third-order valence-corrected chi connectivity index (χ3v) is 9.15. The molecule has 6 nitrogen and oxygen atoms in total. The Hall–Kier alpha value is -3.32. The van der Waals surface area contributed by atoms with Gasteiger partial charge < -0.3 is 14.6 Å². The molecule has 1 saturated carbocycles. The fourth-order valence-electron chi connectivity index (χ4n) is 6.44. The minimum atomic E-state index is -1.21. The number of carbonyl (C=O) groups is 1. The summed E-state index contributed by atoms with van der Waals surface area (Å²) in [4.78, 5) is 32.8. The lowest BCUT2D eigenvalue weighted by Crippen LogP contribution is -2.60. The molecule has 0 spiro atoms. The Balaban J connectivity index is 1.38. The predicted molar refractivity (Wildman–Crippen MR) is 155 cm³/mol. The quantitative estimate of drug-likeness (QED) is 0.391. The SMILES string of the molecule is CC1(C)CN(C(=O)CCC2CCCCC2)CCC1(O)Cn1cc(-c2ccccn2)c(-c2ccccc2F)cc1=O. The Labute approximate surface area is 235 Å². The van der Waals surface area contributed by atoms with Crippen molar-refractivity contribution in [2.75, 3.05) is 13.1 Å². The number of amides is 1. The zero-order valence-corrected chi connectivity index (χ0v) is 23.6. The van der Waals surface area contributed by atoms with Gasteiger partial charge in [-0.2, -0.15) is 0 Å². The molecule has 1 amide bonds. The van der Waals surface area contributed by atoms with E-state index in [1.54, 1.807) is 36.7 Å². The smallest absolute Gasteiger partial charge is 0.251 e. The monoisotopic (exact) mass is 545 g/mol. The Morgan fingerprint density at radius 2 is 1.80 bits per heavy atom. The van der Waals surface area contributed by atoms with E-state index >= 15 is 0 Å². The molecule has 212 valence electrons. The Morgan fingerprint density at radius 1 is 1.05 bits per heavy atom. The molecule has 1 aromatic carbocycles. The molecule has 1 aliphatic carbocycles. The van der Waals surface area contributed by atoms with E-state index in [4.69, 9.17) is 0 Å². The van der Waals surface area contributed by atoms with E-state index in [2.05, 4.69) is 4.98 Å². The molecule has 5 rings (SSSR count). The fourth-order valence-corrected chi connectivity index (χ4v) is 6.44. The van der Waals surface area contributed by atoms with Crippen molar-refractivity contribution in [2.24, 2.45) is 11.3 Å². The molecule has 2 aromatic heterocycles. The number of pyridine rings is 2. The van der Waals surface area contributed by atoms with E-state index in [0.29, 0.717) is 54.2 Å².